The minimum atomic E-state index is -3.07. The van der Waals surface area contributed by atoms with Crippen LogP contribution in [-0.4, -0.2) is 28.8 Å². The van der Waals surface area contributed by atoms with E-state index in [9.17, 15) is 8.42 Å². The lowest BCUT2D eigenvalue weighted by molar-refractivity contribution is 0.537. The van der Waals surface area contributed by atoms with Crippen LogP contribution in [0.3, 0.4) is 0 Å². The fourth-order valence-corrected chi connectivity index (χ4v) is 4.38. The number of hydrogen-bond acceptors (Lipinski definition) is 4. The lowest BCUT2D eigenvalue weighted by Crippen LogP contribution is -2.23. The molecule has 0 saturated carbocycles. The Labute approximate surface area is 106 Å². The summed E-state index contributed by atoms with van der Waals surface area (Å²) in [6, 6.07) is 3.81. The van der Waals surface area contributed by atoms with Crippen molar-refractivity contribution in [3.63, 3.8) is 0 Å². The molecule has 1 aliphatic rings. The molecular weight excluding hydrogens is 250 g/mol. The molecule has 6 heteroatoms. The fraction of sp³-hybridized carbons (Fsp3) is 0.500. The molecule has 5 nitrogen and oxygen atoms in total. The summed E-state index contributed by atoms with van der Waals surface area (Å²) in [5, 5.41) is 7.64. The zero-order valence-electron chi connectivity index (χ0n) is 10.2. The third kappa shape index (κ3) is 1.80. The van der Waals surface area contributed by atoms with Crippen molar-refractivity contribution in [2.24, 2.45) is 0 Å². The van der Waals surface area contributed by atoms with Crippen LogP contribution in [0.1, 0.15) is 35.9 Å². The van der Waals surface area contributed by atoms with Gasteiger partial charge in [-0.15, -0.1) is 10.2 Å². The Kier molecular flexibility index (Phi) is 2.62. The maximum absolute atomic E-state index is 12.1. The summed E-state index contributed by atoms with van der Waals surface area (Å²) in [7, 11) is -3.07. The molecule has 2 aromatic rings. The van der Waals surface area contributed by atoms with Crippen LogP contribution in [0.2, 0.25) is 0 Å². The van der Waals surface area contributed by atoms with E-state index in [1.54, 1.807) is 0 Å². The largest absolute Gasteiger partial charge is 0.285 e. The Morgan fingerprint density at radius 3 is 2.89 bits per heavy atom. The number of rotatable bonds is 1. The van der Waals surface area contributed by atoms with Crippen LogP contribution < -0.4 is 0 Å². The Morgan fingerprint density at radius 2 is 2.11 bits per heavy atom. The minimum absolute atomic E-state index is 0.262. The van der Waals surface area contributed by atoms with Crippen molar-refractivity contribution >= 4 is 15.5 Å². The smallest absolute Gasteiger partial charge is 0.160 e. The zero-order chi connectivity index (χ0) is 12.8. The van der Waals surface area contributed by atoms with Crippen molar-refractivity contribution < 1.29 is 8.42 Å². The number of pyridine rings is 1. The van der Waals surface area contributed by atoms with Crippen molar-refractivity contribution in [3.05, 3.63) is 29.7 Å². The van der Waals surface area contributed by atoms with Gasteiger partial charge in [-0.1, -0.05) is 12.5 Å². The minimum Gasteiger partial charge on any atom is -0.285 e. The van der Waals surface area contributed by atoms with Gasteiger partial charge >= 0.3 is 0 Å². The average Bonchev–Trinajstić information content (AvgIpc) is 2.71. The van der Waals surface area contributed by atoms with Gasteiger partial charge in [0.25, 0.3) is 0 Å². The van der Waals surface area contributed by atoms with Gasteiger partial charge < -0.3 is 0 Å². The summed E-state index contributed by atoms with van der Waals surface area (Å²) in [5.74, 6) is 0.826. The SMILES string of the molecule is Cc1ccc2nnc(C3CCCCS3(=O)=O)n2c1. The van der Waals surface area contributed by atoms with E-state index in [-0.39, 0.29) is 5.75 Å². The molecule has 2 aromatic heterocycles. The highest BCUT2D eigenvalue weighted by Gasteiger charge is 2.33. The summed E-state index contributed by atoms with van der Waals surface area (Å²) < 4.78 is 26.1. The van der Waals surface area contributed by atoms with Crippen molar-refractivity contribution in [2.45, 2.75) is 31.4 Å². The second-order valence-electron chi connectivity index (χ2n) is 4.84. The van der Waals surface area contributed by atoms with Crippen molar-refractivity contribution in [1.82, 2.24) is 14.6 Å². The molecule has 18 heavy (non-hydrogen) atoms. The van der Waals surface area contributed by atoms with E-state index < -0.39 is 15.1 Å². The van der Waals surface area contributed by atoms with Crippen LogP contribution in [0.25, 0.3) is 5.65 Å². The molecule has 96 valence electrons. The Hall–Kier alpha value is -1.43. The first-order chi connectivity index (χ1) is 8.58. The number of hydrogen-bond donors (Lipinski definition) is 0. The second-order valence-corrected chi connectivity index (χ2v) is 7.15. The lowest BCUT2D eigenvalue weighted by atomic mass is 10.2. The van der Waals surface area contributed by atoms with Gasteiger partial charge in [-0.2, -0.15) is 0 Å². The van der Waals surface area contributed by atoms with Crippen LogP contribution in [0.15, 0.2) is 18.3 Å². The molecule has 0 radical (unpaired) electrons. The Bertz CT molecular complexity index is 690. The normalized spacial score (nSPS) is 23.3. The van der Waals surface area contributed by atoms with Gasteiger partial charge in [0.2, 0.25) is 0 Å². The number of nitrogens with zero attached hydrogens (tertiary/aromatic N) is 3. The summed E-state index contributed by atoms with van der Waals surface area (Å²) >= 11 is 0. The molecule has 0 aliphatic carbocycles. The molecular formula is C12H15N3O2S. The van der Waals surface area contributed by atoms with Gasteiger partial charge in [0.05, 0.1) is 5.75 Å². The molecule has 0 N–H and O–H groups in total. The van der Waals surface area contributed by atoms with Gasteiger partial charge in [0.15, 0.2) is 21.3 Å². The zero-order valence-corrected chi connectivity index (χ0v) is 11.0. The highest BCUT2D eigenvalue weighted by Crippen LogP contribution is 2.32. The van der Waals surface area contributed by atoms with Crippen LogP contribution in [0.5, 0.6) is 0 Å². The quantitative estimate of drug-likeness (QED) is 0.787. The molecule has 0 aromatic carbocycles. The molecule has 0 bridgehead atoms. The third-order valence-electron chi connectivity index (χ3n) is 3.44. The van der Waals surface area contributed by atoms with Crippen molar-refractivity contribution in [1.29, 1.82) is 0 Å². The summed E-state index contributed by atoms with van der Waals surface area (Å²) in [6.07, 6.45) is 4.24. The van der Waals surface area contributed by atoms with Gasteiger partial charge in [0, 0.05) is 6.20 Å². The van der Waals surface area contributed by atoms with Crippen LogP contribution in [0, 0.1) is 6.92 Å². The topological polar surface area (TPSA) is 64.3 Å². The predicted octanol–water partition coefficient (Wildman–Crippen LogP) is 1.68. The third-order valence-corrected chi connectivity index (χ3v) is 5.61. The van der Waals surface area contributed by atoms with Crippen LogP contribution >= 0.6 is 0 Å². The Morgan fingerprint density at radius 1 is 1.28 bits per heavy atom. The number of aromatic nitrogens is 3. The maximum Gasteiger partial charge on any atom is 0.160 e. The van der Waals surface area contributed by atoms with E-state index in [1.165, 1.54) is 0 Å². The average molecular weight is 265 g/mol. The molecule has 0 amide bonds. The highest BCUT2D eigenvalue weighted by molar-refractivity contribution is 7.91. The molecule has 1 aliphatic heterocycles. The lowest BCUT2D eigenvalue weighted by Gasteiger charge is -2.20. The summed E-state index contributed by atoms with van der Waals surface area (Å²) in [4.78, 5) is 0. The molecule has 1 unspecified atom stereocenters. The van der Waals surface area contributed by atoms with Crippen molar-refractivity contribution in [3.8, 4) is 0 Å². The first-order valence-electron chi connectivity index (χ1n) is 6.11. The maximum atomic E-state index is 12.1. The Balaban J connectivity index is 2.16. The number of sulfone groups is 1. The second kappa shape index (κ2) is 4.05. The van der Waals surface area contributed by atoms with E-state index in [0.717, 1.165) is 18.4 Å². The highest BCUT2D eigenvalue weighted by atomic mass is 32.2. The molecule has 3 heterocycles. The van der Waals surface area contributed by atoms with E-state index in [0.29, 0.717) is 17.9 Å². The molecule has 1 fully saturated rings. The number of aryl methyl sites for hydroxylation is 1. The predicted molar refractivity (Wildman–Crippen MR) is 68.1 cm³/mol. The van der Waals surface area contributed by atoms with Gasteiger partial charge in [-0.05, 0) is 31.4 Å². The monoisotopic (exact) mass is 265 g/mol. The van der Waals surface area contributed by atoms with Crippen LogP contribution in [0.4, 0.5) is 0 Å². The van der Waals surface area contributed by atoms with Crippen molar-refractivity contribution in [2.75, 3.05) is 5.75 Å². The molecule has 1 atom stereocenters. The van der Waals surface area contributed by atoms with E-state index in [2.05, 4.69) is 10.2 Å². The van der Waals surface area contributed by atoms with Gasteiger partial charge in [0.1, 0.15) is 5.25 Å². The summed E-state index contributed by atoms with van der Waals surface area (Å²) in [5.41, 5.74) is 1.77. The van der Waals surface area contributed by atoms with E-state index >= 15 is 0 Å². The first kappa shape index (κ1) is 11.6. The summed E-state index contributed by atoms with van der Waals surface area (Å²) in [6.45, 7) is 1.97. The van der Waals surface area contributed by atoms with E-state index in [4.69, 9.17) is 0 Å². The van der Waals surface area contributed by atoms with Gasteiger partial charge in [-0.25, -0.2) is 8.42 Å². The first-order valence-corrected chi connectivity index (χ1v) is 7.82. The van der Waals surface area contributed by atoms with Crippen LogP contribution in [-0.2, 0) is 9.84 Å². The van der Waals surface area contributed by atoms with E-state index in [1.807, 2.05) is 29.7 Å². The standard InChI is InChI=1S/C12H15N3O2S/c1-9-5-6-11-13-14-12(15(11)8-9)10-4-2-3-7-18(10,16)17/h5-6,8,10H,2-4,7H2,1H3. The molecule has 3 rings (SSSR count). The van der Waals surface area contributed by atoms with Gasteiger partial charge in [-0.3, -0.25) is 4.40 Å². The fourth-order valence-electron chi connectivity index (χ4n) is 2.48. The molecule has 1 saturated heterocycles. The number of fused-ring (bicyclic) bond motifs is 1. The molecule has 0 spiro atoms.